The van der Waals surface area contributed by atoms with Gasteiger partial charge in [-0.05, 0) is 43.4 Å². The monoisotopic (exact) mass is 430 g/mol. The maximum Gasteiger partial charge on any atom is 0.261 e. The molecule has 0 bridgehead atoms. The molecule has 8 heteroatoms. The second-order valence-electron chi connectivity index (χ2n) is 7.07. The first-order valence-electron chi connectivity index (χ1n) is 9.74. The summed E-state index contributed by atoms with van der Waals surface area (Å²) in [6.45, 7) is 4.00. The minimum atomic E-state index is -0.0948. The number of carbonyl (C=O) groups excluding carboxylic acids is 1. The first-order chi connectivity index (χ1) is 14.1. The Morgan fingerprint density at radius 2 is 2.21 bits per heavy atom. The molecule has 0 spiro atoms. The molecule has 152 valence electrons. The average molecular weight is 431 g/mol. The molecule has 0 aliphatic carbocycles. The van der Waals surface area contributed by atoms with E-state index in [1.807, 2.05) is 31.2 Å². The number of aryl methyl sites for hydroxylation is 1. The molecule has 29 heavy (non-hydrogen) atoms. The van der Waals surface area contributed by atoms with Crippen molar-refractivity contribution in [2.45, 2.75) is 32.3 Å². The van der Waals surface area contributed by atoms with Gasteiger partial charge in [-0.2, -0.15) is 0 Å². The Morgan fingerprint density at radius 1 is 1.34 bits per heavy atom. The molecule has 1 aromatic carbocycles. The lowest BCUT2D eigenvalue weighted by Crippen LogP contribution is -2.25. The van der Waals surface area contributed by atoms with E-state index in [4.69, 9.17) is 16.3 Å². The van der Waals surface area contributed by atoms with Crippen LogP contribution in [0.15, 0.2) is 30.6 Å². The van der Waals surface area contributed by atoms with Gasteiger partial charge in [-0.3, -0.25) is 4.79 Å². The van der Waals surface area contributed by atoms with E-state index in [-0.39, 0.29) is 12.0 Å². The molecule has 0 saturated carbocycles. The van der Waals surface area contributed by atoms with Crippen LogP contribution in [0.5, 0.6) is 0 Å². The molecule has 6 nitrogen and oxygen atoms in total. The predicted molar refractivity (Wildman–Crippen MR) is 117 cm³/mol. The zero-order valence-corrected chi connectivity index (χ0v) is 17.8. The third-order valence-electron chi connectivity index (χ3n) is 5.09. The van der Waals surface area contributed by atoms with E-state index < -0.39 is 0 Å². The number of fused-ring (bicyclic) bond motifs is 1. The summed E-state index contributed by atoms with van der Waals surface area (Å²) in [7, 11) is 0. The molecule has 1 aliphatic heterocycles. The average Bonchev–Trinajstić information content (AvgIpc) is 3.36. The zero-order chi connectivity index (χ0) is 20.2. The van der Waals surface area contributed by atoms with Crippen LogP contribution in [-0.4, -0.2) is 41.7 Å². The quantitative estimate of drug-likeness (QED) is 0.587. The normalized spacial score (nSPS) is 16.3. The van der Waals surface area contributed by atoms with Crippen molar-refractivity contribution in [1.29, 1.82) is 0 Å². The molecule has 3 heterocycles. The van der Waals surface area contributed by atoms with Gasteiger partial charge >= 0.3 is 0 Å². The standard InChI is InChI=1S/C21H23ClN4O2S/c1-13-17-19(24-11-15-6-4-10-28-15)25-12-26-21(17)29-18(13)20(27)23-9-8-14-5-2-3-7-16(14)22/h2-3,5,7,12,15H,4,6,8-11H2,1H3,(H,23,27)(H,24,25,26). The number of ether oxygens (including phenoxy) is 1. The number of nitrogens with zero attached hydrogens (tertiary/aromatic N) is 2. The Kier molecular flexibility index (Phi) is 6.28. The molecule has 0 radical (unpaired) electrons. The van der Waals surface area contributed by atoms with Crippen molar-refractivity contribution in [2.24, 2.45) is 0 Å². The summed E-state index contributed by atoms with van der Waals surface area (Å²) in [6, 6.07) is 7.68. The molecule has 1 aliphatic rings. The number of hydrogen-bond donors (Lipinski definition) is 2. The van der Waals surface area contributed by atoms with Crippen molar-refractivity contribution in [3.05, 3.63) is 51.6 Å². The minimum Gasteiger partial charge on any atom is -0.376 e. The number of carbonyl (C=O) groups is 1. The molecule has 1 fully saturated rings. The number of hydrogen-bond acceptors (Lipinski definition) is 6. The van der Waals surface area contributed by atoms with Crippen molar-refractivity contribution in [2.75, 3.05) is 25.0 Å². The first kappa shape index (κ1) is 20.1. The van der Waals surface area contributed by atoms with Gasteiger partial charge in [-0.25, -0.2) is 9.97 Å². The fourth-order valence-electron chi connectivity index (χ4n) is 3.53. The molecule has 2 aromatic heterocycles. The maximum absolute atomic E-state index is 12.8. The molecule has 3 aromatic rings. The van der Waals surface area contributed by atoms with Crippen molar-refractivity contribution in [1.82, 2.24) is 15.3 Å². The Morgan fingerprint density at radius 3 is 3.00 bits per heavy atom. The number of aromatic nitrogens is 2. The van der Waals surface area contributed by atoms with Gasteiger partial charge in [0.05, 0.1) is 16.4 Å². The van der Waals surface area contributed by atoms with E-state index >= 15 is 0 Å². The number of halogens is 1. The summed E-state index contributed by atoms with van der Waals surface area (Å²) in [4.78, 5) is 23.0. The number of benzene rings is 1. The second-order valence-corrected chi connectivity index (χ2v) is 8.48. The smallest absolute Gasteiger partial charge is 0.261 e. The van der Waals surface area contributed by atoms with Crippen LogP contribution in [0.2, 0.25) is 5.02 Å². The van der Waals surface area contributed by atoms with Gasteiger partial charge in [-0.15, -0.1) is 11.3 Å². The van der Waals surface area contributed by atoms with Crippen LogP contribution in [0.3, 0.4) is 0 Å². The van der Waals surface area contributed by atoms with Gasteiger partial charge in [0.25, 0.3) is 5.91 Å². The van der Waals surface area contributed by atoms with Crippen LogP contribution in [0.4, 0.5) is 5.82 Å². The van der Waals surface area contributed by atoms with Crippen molar-refractivity contribution in [3.63, 3.8) is 0 Å². The molecule has 4 rings (SSSR count). The van der Waals surface area contributed by atoms with Crippen LogP contribution in [-0.2, 0) is 11.2 Å². The van der Waals surface area contributed by atoms with Gasteiger partial charge in [-0.1, -0.05) is 29.8 Å². The number of amides is 1. The summed E-state index contributed by atoms with van der Waals surface area (Å²) < 4.78 is 5.67. The molecule has 1 unspecified atom stereocenters. The fraction of sp³-hybridized carbons (Fsp3) is 0.381. The van der Waals surface area contributed by atoms with Crippen molar-refractivity contribution < 1.29 is 9.53 Å². The van der Waals surface area contributed by atoms with E-state index in [0.717, 1.165) is 51.6 Å². The maximum atomic E-state index is 12.8. The van der Waals surface area contributed by atoms with Crippen LogP contribution in [0, 0.1) is 6.92 Å². The lowest BCUT2D eigenvalue weighted by atomic mass is 10.1. The molecule has 2 N–H and O–H groups in total. The van der Waals surface area contributed by atoms with Crippen LogP contribution in [0.25, 0.3) is 10.2 Å². The van der Waals surface area contributed by atoms with Gasteiger partial charge in [0, 0.05) is 24.7 Å². The van der Waals surface area contributed by atoms with E-state index in [0.29, 0.717) is 24.4 Å². The highest BCUT2D eigenvalue weighted by atomic mass is 35.5. The van der Waals surface area contributed by atoms with E-state index in [1.54, 1.807) is 0 Å². The van der Waals surface area contributed by atoms with Crippen LogP contribution in [0.1, 0.15) is 33.6 Å². The minimum absolute atomic E-state index is 0.0948. The van der Waals surface area contributed by atoms with E-state index in [9.17, 15) is 4.79 Å². The molecule has 1 amide bonds. The van der Waals surface area contributed by atoms with Crippen molar-refractivity contribution >= 4 is 44.9 Å². The molecular weight excluding hydrogens is 408 g/mol. The van der Waals surface area contributed by atoms with Crippen LogP contribution >= 0.6 is 22.9 Å². The fourth-order valence-corrected chi connectivity index (χ4v) is 4.83. The summed E-state index contributed by atoms with van der Waals surface area (Å²) >= 11 is 7.58. The highest BCUT2D eigenvalue weighted by molar-refractivity contribution is 7.20. The molecular formula is C21H23ClN4O2S. The lowest BCUT2D eigenvalue weighted by molar-refractivity contribution is 0.0957. The number of nitrogens with one attached hydrogen (secondary N) is 2. The van der Waals surface area contributed by atoms with E-state index in [2.05, 4.69) is 20.6 Å². The summed E-state index contributed by atoms with van der Waals surface area (Å²) in [5.74, 6) is 0.664. The van der Waals surface area contributed by atoms with Crippen molar-refractivity contribution in [3.8, 4) is 0 Å². The highest BCUT2D eigenvalue weighted by Gasteiger charge is 2.20. The summed E-state index contributed by atoms with van der Waals surface area (Å²) in [5, 5.41) is 8.00. The van der Waals surface area contributed by atoms with E-state index in [1.165, 1.54) is 17.7 Å². The topological polar surface area (TPSA) is 76.1 Å². The van der Waals surface area contributed by atoms with Gasteiger partial charge in [0.2, 0.25) is 0 Å². The van der Waals surface area contributed by atoms with Gasteiger partial charge in [0.15, 0.2) is 0 Å². The number of anilines is 1. The number of rotatable bonds is 7. The Bertz CT molecular complexity index is 1020. The van der Waals surface area contributed by atoms with Crippen LogP contribution < -0.4 is 10.6 Å². The Labute approximate surface area is 178 Å². The summed E-state index contributed by atoms with van der Waals surface area (Å²) in [6.07, 6.45) is 4.59. The van der Waals surface area contributed by atoms with Gasteiger partial charge < -0.3 is 15.4 Å². The largest absolute Gasteiger partial charge is 0.376 e. The van der Waals surface area contributed by atoms with Gasteiger partial charge in [0.1, 0.15) is 17.0 Å². The summed E-state index contributed by atoms with van der Waals surface area (Å²) in [5.41, 5.74) is 1.92. The third-order valence-corrected chi connectivity index (χ3v) is 6.66. The lowest BCUT2D eigenvalue weighted by Gasteiger charge is -2.12. The third kappa shape index (κ3) is 4.52. The first-order valence-corrected chi connectivity index (χ1v) is 10.9. The zero-order valence-electron chi connectivity index (χ0n) is 16.2. The second kappa shape index (κ2) is 9.07. The SMILES string of the molecule is Cc1c(C(=O)NCCc2ccccc2Cl)sc2ncnc(NCC3CCCO3)c12. The Balaban J connectivity index is 1.45. The molecule has 1 saturated heterocycles. The number of thiophene rings is 1. The Hall–Kier alpha value is -2.22. The molecule has 1 atom stereocenters. The predicted octanol–water partition coefficient (Wildman–Crippen LogP) is 4.22. The highest BCUT2D eigenvalue weighted by Crippen LogP contribution is 2.33.